The minimum Gasteiger partial charge on any atom is -0.338 e. The van der Waals surface area contributed by atoms with Gasteiger partial charge in [0.25, 0.3) is 5.91 Å². The number of aromatic nitrogens is 2. The highest BCUT2D eigenvalue weighted by Gasteiger charge is 2.50. The first-order chi connectivity index (χ1) is 14.1. The highest BCUT2D eigenvalue weighted by molar-refractivity contribution is 7.99. The van der Waals surface area contributed by atoms with Gasteiger partial charge < -0.3 is 9.88 Å². The summed E-state index contributed by atoms with van der Waals surface area (Å²) in [7, 11) is 0. The molecule has 3 fully saturated rings. The lowest BCUT2D eigenvalue weighted by atomic mass is 9.89. The molecule has 2 aromatic rings. The molecule has 1 amide bonds. The molecule has 1 N–H and O–H groups in total. The average Bonchev–Trinajstić information content (AvgIpc) is 3.42. The van der Waals surface area contributed by atoms with Gasteiger partial charge in [-0.05, 0) is 54.9 Å². The number of nitrogens with one attached hydrogen (secondary N) is 1. The van der Waals surface area contributed by atoms with Crippen molar-refractivity contribution in [3.05, 3.63) is 53.4 Å². The van der Waals surface area contributed by atoms with Crippen molar-refractivity contribution in [2.75, 3.05) is 31.1 Å². The van der Waals surface area contributed by atoms with E-state index in [0.29, 0.717) is 23.6 Å². The minimum atomic E-state index is -0.241. The number of rotatable bonds is 3. The maximum Gasteiger partial charge on any atom is 0.272 e. The predicted molar refractivity (Wildman–Crippen MR) is 112 cm³/mol. The van der Waals surface area contributed by atoms with Gasteiger partial charge in [-0.3, -0.25) is 9.69 Å². The first-order valence-corrected chi connectivity index (χ1v) is 11.7. The number of nitrogens with zero attached hydrogens (tertiary/aromatic N) is 3. The largest absolute Gasteiger partial charge is 0.338 e. The molecule has 4 heterocycles. The van der Waals surface area contributed by atoms with Crippen LogP contribution < -0.4 is 0 Å². The number of carbonyl (C=O) groups excluding carboxylic acids is 1. The zero-order chi connectivity index (χ0) is 20.0. The third kappa shape index (κ3) is 3.59. The van der Waals surface area contributed by atoms with Crippen molar-refractivity contribution in [3.8, 4) is 0 Å². The van der Waals surface area contributed by atoms with Crippen molar-refractivity contribution < 1.29 is 9.18 Å². The number of likely N-dealkylation sites (tertiary alicyclic amines) is 2. The molecule has 29 heavy (non-hydrogen) atoms. The van der Waals surface area contributed by atoms with E-state index in [-0.39, 0.29) is 17.8 Å². The Balaban J connectivity index is 1.43. The van der Waals surface area contributed by atoms with Gasteiger partial charge in [0.1, 0.15) is 17.3 Å². The van der Waals surface area contributed by atoms with Gasteiger partial charge in [-0.15, -0.1) is 0 Å². The molecule has 3 aliphatic rings. The Labute approximate surface area is 175 Å². The smallest absolute Gasteiger partial charge is 0.272 e. The second-order valence-corrected chi connectivity index (χ2v) is 9.79. The van der Waals surface area contributed by atoms with Gasteiger partial charge in [-0.2, -0.15) is 11.8 Å². The zero-order valence-corrected chi connectivity index (χ0v) is 17.5. The summed E-state index contributed by atoms with van der Waals surface area (Å²) >= 11 is 2.05. The van der Waals surface area contributed by atoms with Crippen molar-refractivity contribution >= 4 is 17.7 Å². The summed E-state index contributed by atoms with van der Waals surface area (Å²) in [6.07, 6.45) is 4.12. The average molecular weight is 415 g/mol. The minimum absolute atomic E-state index is 0.0325. The van der Waals surface area contributed by atoms with Crippen molar-refractivity contribution in [1.82, 2.24) is 19.8 Å². The van der Waals surface area contributed by atoms with Gasteiger partial charge >= 0.3 is 0 Å². The fourth-order valence-corrected chi connectivity index (χ4v) is 6.52. The van der Waals surface area contributed by atoms with Crippen LogP contribution in [0.1, 0.15) is 40.8 Å². The number of hydrogen-bond acceptors (Lipinski definition) is 4. The summed E-state index contributed by atoms with van der Waals surface area (Å²) < 4.78 is 14.1. The molecule has 0 bridgehead atoms. The van der Waals surface area contributed by atoms with Crippen molar-refractivity contribution in [3.63, 3.8) is 0 Å². The van der Waals surface area contributed by atoms with Gasteiger partial charge in [0.2, 0.25) is 0 Å². The quantitative estimate of drug-likeness (QED) is 0.835. The van der Waals surface area contributed by atoms with E-state index in [1.54, 1.807) is 18.3 Å². The second-order valence-electron chi connectivity index (χ2n) is 8.56. The molecule has 1 aromatic carbocycles. The van der Waals surface area contributed by atoms with Crippen LogP contribution in [-0.2, 0) is 0 Å². The second kappa shape index (κ2) is 7.76. The molecular weight excluding hydrogens is 387 g/mol. The number of aromatic amines is 1. The zero-order valence-electron chi connectivity index (χ0n) is 16.7. The lowest BCUT2D eigenvalue weighted by molar-refractivity contribution is 0.0686. The van der Waals surface area contributed by atoms with E-state index in [4.69, 9.17) is 0 Å². The number of H-pyrrole nitrogens is 1. The van der Waals surface area contributed by atoms with Crippen LogP contribution in [-0.4, -0.2) is 62.9 Å². The summed E-state index contributed by atoms with van der Waals surface area (Å²) in [5.41, 5.74) is 1.42. The Morgan fingerprint density at radius 2 is 2.07 bits per heavy atom. The summed E-state index contributed by atoms with van der Waals surface area (Å²) in [6.45, 7) is 4.60. The lowest BCUT2D eigenvalue weighted by Gasteiger charge is -2.34. The SMILES string of the molecule is Cc1ncc(C(=O)N2C[C@@H]3CN(C4CCSCC4)C[C@@H]3[C@H]2c2cccc(F)c2)[nH]1. The molecular formula is C22H27FN4OS. The molecule has 0 aliphatic carbocycles. The third-order valence-electron chi connectivity index (χ3n) is 6.78. The Morgan fingerprint density at radius 3 is 2.79 bits per heavy atom. The maximum absolute atomic E-state index is 14.1. The molecule has 3 aliphatic heterocycles. The van der Waals surface area contributed by atoms with E-state index in [1.807, 2.05) is 17.9 Å². The van der Waals surface area contributed by atoms with Crippen LogP contribution in [0.15, 0.2) is 30.5 Å². The van der Waals surface area contributed by atoms with Crippen LogP contribution in [0.4, 0.5) is 4.39 Å². The molecule has 0 saturated carbocycles. The van der Waals surface area contributed by atoms with Crippen molar-refractivity contribution in [1.29, 1.82) is 0 Å². The van der Waals surface area contributed by atoms with Crippen LogP contribution in [0.3, 0.4) is 0 Å². The topological polar surface area (TPSA) is 52.2 Å². The molecule has 7 heteroatoms. The highest BCUT2D eigenvalue weighted by atomic mass is 32.2. The summed E-state index contributed by atoms with van der Waals surface area (Å²) in [5.74, 6) is 3.73. The van der Waals surface area contributed by atoms with Crippen LogP contribution >= 0.6 is 11.8 Å². The lowest BCUT2D eigenvalue weighted by Crippen LogP contribution is -2.40. The predicted octanol–water partition coefficient (Wildman–Crippen LogP) is 3.50. The molecule has 1 aromatic heterocycles. The van der Waals surface area contributed by atoms with E-state index >= 15 is 0 Å². The van der Waals surface area contributed by atoms with Gasteiger partial charge in [-0.1, -0.05) is 12.1 Å². The van der Waals surface area contributed by atoms with E-state index in [0.717, 1.165) is 31.0 Å². The van der Waals surface area contributed by atoms with Crippen LogP contribution in [0.25, 0.3) is 0 Å². The van der Waals surface area contributed by atoms with Crippen LogP contribution in [0.5, 0.6) is 0 Å². The van der Waals surface area contributed by atoms with Crippen molar-refractivity contribution in [2.45, 2.75) is 31.8 Å². The summed E-state index contributed by atoms with van der Waals surface area (Å²) in [4.78, 5) is 25.1. The number of amides is 1. The first kappa shape index (κ1) is 19.1. The number of benzene rings is 1. The Hall–Kier alpha value is -1.86. The van der Waals surface area contributed by atoms with Gasteiger partial charge in [0.15, 0.2) is 0 Å². The van der Waals surface area contributed by atoms with E-state index < -0.39 is 0 Å². The fourth-order valence-electron chi connectivity index (χ4n) is 5.44. The summed E-state index contributed by atoms with van der Waals surface area (Å²) in [5, 5.41) is 0. The number of carbonyl (C=O) groups is 1. The Bertz CT molecular complexity index is 896. The van der Waals surface area contributed by atoms with E-state index in [1.165, 1.54) is 30.4 Å². The summed E-state index contributed by atoms with van der Waals surface area (Å²) in [6, 6.07) is 7.37. The monoisotopic (exact) mass is 414 g/mol. The number of imidazole rings is 1. The first-order valence-electron chi connectivity index (χ1n) is 10.5. The molecule has 3 saturated heterocycles. The highest BCUT2D eigenvalue weighted by Crippen LogP contribution is 2.46. The van der Waals surface area contributed by atoms with Crippen LogP contribution in [0, 0.1) is 24.6 Å². The maximum atomic E-state index is 14.1. The molecule has 5 rings (SSSR count). The molecule has 3 atom stereocenters. The Morgan fingerprint density at radius 1 is 1.24 bits per heavy atom. The number of fused-ring (bicyclic) bond motifs is 1. The number of aryl methyl sites for hydroxylation is 1. The molecule has 0 spiro atoms. The fraction of sp³-hybridized carbons (Fsp3) is 0.545. The van der Waals surface area contributed by atoms with Crippen molar-refractivity contribution in [2.24, 2.45) is 11.8 Å². The molecule has 0 unspecified atom stereocenters. The van der Waals surface area contributed by atoms with Gasteiger partial charge in [0, 0.05) is 31.6 Å². The normalized spacial score (nSPS) is 28.1. The van der Waals surface area contributed by atoms with E-state index in [2.05, 4.69) is 26.6 Å². The number of halogens is 1. The molecule has 5 nitrogen and oxygen atoms in total. The van der Waals surface area contributed by atoms with Gasteiger partial charge in [-0.25, -0.2) is 9.37 Å². The Kier molecular flexibility index (Phi) is 5.12. The van der Waals surface area contributed by atoms with Gasteiger partial charge in [0.05, 0.1) is 12.2 Å². The number of hydrogen-bond donors (Lipinski definition) is 1. The number of thioether (sulfide) groups is 1. The third-order valence-corrected chi connectivity index (χ3v) is 7.83. The standard InChI is InChI=1S/C22H27FN4OS/c1-14-24-10-20(25-14)22(28)27-12-16-11-26(18-5-7-29-8-6-18)13-19(16)21(27)15-3-2-4-17(23)9-15/h2-4,9-10,16,18-19,21H,5-8,11-13H2,1H3,(H,24,25)/t16-,19-,21+/m0/s1. The van der Waals surface area contributed by atoms with E-state index in [9.17, 15) is 9.18 Å². The van der Waals surface area contributed by atoms with Crippen LogP contribution in [0.2, 0.25) is 0 Å². The molecule has 0 radical (unpaired) electrons. The molecule has 154 valence electrons.